The van der Waals surface area contributed by atoms with Gasteiger partial charge in [0.05, 0.1) is 5.92 Å². The maximum Gasteiger partial charge on any atom is 0.143 e. The molecule has 0 amide bonds. The van der Waals surface area contributed by atoms with E-state index in [1.54, 1.807) is 0 Å². The molecule has 0 heterocycles. The van der Waals surface area contributed by atoms with Crippen molar-refractivity contribution in [2.75, 3.05) is 0 Å². The molecular formula is C11H18O2. The minimum Gasteiger partial charge on any atom is -0.299 e. The van der Waals surface area contributed by atoms with Crippen LogP contribution in [-0.2, 0) is 9.59 Å². The molecule has 1 rings (SSSR count). The average molecular weight is 182 g/mol. The van der Waals surface area contributed by atoms with Crippen molar-refractivity contribution in [3.05, 3.63) is 0 Å². The molecule has 1 aliphatic carbocycles. The summed E-state index contributed by atoms with van der Waals surface area (Å²) in [4.78, 5) is 23.1. The van der Waals surface area contributed by atoms with E-state index in [2.05, 4.69) is 6.92 Å². The Balaban J connectivity index is 2.73. The van der Waals surface area contributed by atoms with Crippen molar-refractivity contribution in [3.63, 3.8) is 0 Å². The van der Waals surface area contributed by atoms with Crippen LogP contribution in [0, 0.1) is 11.8 Å². The lowest BCUT2D eigenvalue weighted by atomic mass is 9.74. The SMILES string of the molecule is CCC(=O)[C@H]1C(=O)CCC[C@@H]1CC. The van der Waals surface area contributed by atoms with Crippen LogP contribution >= 0.6 is 0 Å². The molecule has 1 aliphatic rings. The zero-order chi connectivity index (χ0) is 9.84. The second-order valence-corrected chi connectivity index (χ2v) is 3.82. The molecule has 2 atom stereocenters. The summed E-state index contributed by atoms with van der Waals surface area (Å²) in [7, 11) is 0. The number of Topliss-reactive ketones (excluding diaryl/α,β-unsaturated/α-hetero) is 2. The first-order chi connectivity index (χ1) is 6.20. The topological polar surface area (TPSA) is 34.1 Å². The molecule has 13 heavy (non-hydrogen) atoms. The first kappa shape index (κ1) is 10.4. The van der Waals surface area contributed by atoms with E-state index < -0.39 is 0 Å². The maximum atomic E-state index is 11.5. The zero-order valence-corrected chi connectivity index (χ0v) is 8.51. The minimum absolute atomic E-state index is 0.150. The molecule has 0 unspecified atom stereocenters. The van der Waals surface area contributed by atoms with Gasteiger partial charge in [-0.05, 0) is 18.8 Å². The molecule has 0 aromatic carbocycles. The van der Waals surface area contributed by atoms with Crippen LogP contribution in [0.15, 0.2) is 0 Å². The normalized spacial score (nSPS) is 28.9. The van der Waals surface area contributed by atoms with Gasteiger partial charge in [0.2, 0.25) is 0 Å². The lowest BCUT2D eigenvalue weighted by Crippen LogP contribution is -2.34. The molecule has 2 heteroatoms. The first-order valence-electron chi connectivity index (χ1n) is 5.26. The van der Waals surface area contributed by atoms with Gasteiger partial charge in [0.1, 0.15) is 11.6 Å². The van der Waals surface area contributed by atoms with Gasteiger partial charge in [-0.15, -0.1) is 0 Å². The van der Waals surface area contributed by atoms with Gasteiger partial charge in [-0.25, -0.2) is 0 Å². The minimum atomic E-state index is -0.260. The van der Waals surface area contributed by atoms with Gasteiger partial charge in [-0.1, -0.05) is 20.3 Å². The van der Waals surface area contributed by atoms with Gasteiger partial charge in [0, 0.05) is 12.8 Å². The molecule has 0 bridgehead atoms. The van der Waals surface area contributed by atoms with Crippen molar-refractivity contribution in [3.8, 4) is 0 Å². The molecule has 1 saturated carbocycles. The predicted octanol–water partition coefficient (Wildman–Crippen LogP) is 2.36. The quantitative estimate of drug-likeness (QED) is 0.628. The van der Waals surface area contributed by atoms with Gasteiger partial charge >= 0.3 is 0 Å². The summed E-state index contributed by atoms with van der Waals surface area (Å²) in [5.41, 5.74) is 0. The third-order valence-electron chi connectivity index (χ3n) is 3.04. The summed E-state index contributed by atoms with van der Waals surface area (Å²) in [6, 6.07) is 0. The molecule has 0 aliphatic heterocycles. The molecule has 0 saturated heterocycles. The molecule has 1 fully saturated rings. The number of carbonyl (C=O) groups excluding carboxylic acids is 2. The van der Waals surface area contributed by atoms with Crippen LogP contribution in [0.2, 0.25) is 0 Å². The summed E-state index contributed by atoms with van der Waals surface area (Å²) >= 11 is 0. The summed E-state index contributed by atoms with van der Waals surface area (Å²) in [5.74, 6) is 0.402. The number of hydrogen-bond donors (Lipinski definition) is 0. The maximum absolute atomic E-state index is 11.5. The second-order valence-electron chi connectivity index (χ2n) is 3.82. The predicted molar refractivity (Wildman–Crippen MR) is 51.4 cm³/mol. The molecular weight excluding hydrogens is 164 g/mol. The van der Waals surface area contributed by atoms with Crippen LogP contribution in [-0.4, -0.2) is 11.6 Å². The summed E-state index contributed by atoms with van der Waals surface area (Å²) in [5, 5.41) is 0. The van der Waals surface area contributed by atoms with Crippen LogP contribution in [0.5, 0.6) is 0 Å². The lowest BCUT2D eigenvalue weighted by Gasteiger charge is -2.28. The summed E-state index contributed by atoms with van der Waals surface area (Å²) < 4.78 is 0. The van der Waals surface area contributed by atoms with Crippen LogP contribution in [0.4, 0.5) is 0 Å². The van der Waals surface area contributed by atoms with Crippen molar-refractivity contribution in [1.82, 2.24) is 0 Å². The highest BCUT2D eigenvalue weighted by Crippen LogP contribution is 2.30. The highest BCUT2D eigenvalue weighted by molar-refractivity contribution is 6.02. The fraction of sp³-hybridized carbons (Fsp3) is 0.818. The van der Waals surface area contributed by atoms with E-state index in [9.17, 15) is 9.59 Å². The third-order valence-corrected chi connectivity index (χ3v) is 3.04. The molecule has 0 N–H and O–H groups in total. The Hall–Kier alpha value is -0.660. The Morgan fingerprint density at radius 1 is 1.46 bits per heavy atom. The zero-order valence-electron chi connectivity index (χ0n) is 8.51. The van der Waals surface area contributed by atoms with E-state index in [-0.39, 0.29) is 17.5 Å². The standard InChI is InChI=1S/C11H18O2/c1-3-8-6-5-7-10(13)11(8)9(12)4-2/h8,11H,3-7H2,1-2H3/t8-,11-/m0/s1. The monoisotopic (exact) mass is 182 g/mol. The Morgan fingerprint density at radius 3 is 2.69 bits per heavy atom. The Kier molecular flexibility index (Phi) is 3.64. The fourth-order valence-electron chi connectivity index (χ4n) is 2.23. The average Bonchev–Trinajstić information content (AvgIpc) is 2.16. The summed E-state index contributed by atoms with van der Waals surface area (Å²) in [6.45, 7) is 3.91. The largest absolute Gasteiger partial charge is 0.299 e. The van der Waals surface area contributed by atoms with E-state index >= 15 is 0 Å². The molecule has 0 spiro atoms. The van der Waals surface area contributed by atoms with E-state index in [4.69, 9.17) is 0 Å². The smallest absolute Gasteiger partial charge is 0.143 e. The molecule has 0 aromatic heterocycles. The fourth-order valence-corrected chi connectivity index (χ4v) is 2.23. The van der Waals surface area contributed by atoms with Crippen molar-refractivity contribution < 1.29 is 9.59 Å². The second kappa shape index (κ2) is 4.54. The lowest BCUT2D eigenvalue weighted by molar-refractivity contribution is -0.136. The highest BCUT2D eigenvalue weighted by Gasteiger charge is 2.34. The third kappa shape index (κ3) is 2.17. The molecule has 2 nitrogen and oxygen atoms in total. The number of carbonyl (C=O) groups is 2. The van der Waals surface area contributed by atoms with E-state index in [0.717, 1.165) is 19.3 Å². The Bertz CT molecular complexity index is 200. The van der Waals surface area contributed by atoms with Gasteiger partial charge in [0.25, 0.3) is 0 Å². The van der Waals surface area contributed by atoms with Crippen molar-refractivity contribution in [2.24, 2.45) is 11.8 Å². The Morgan fingerprint density at radius 2 is 2.15 bits per heavy atom. The van der Waals surface area contributed by atoms with Crippen LogP contribution in [0.3, 0.4) is 0 Å². The van der Waals surface area contributed by atoms with Gasteiger partial charge in [0.15, 0.2) is 0 Å². The molecule has 74 valence electrons. The van der Waals surface area contributed by atoms with E-state index in [0.29, 0.717) is 18.8 Å². The number of hydrogen-bond acceptors (Lipinski definition) is 2. The van der Waals surface area contributed by atoms with Crippen molar-refractivity contribution >= 4 is 11.6 Å². The van der Waals surface area contributed by atoms with Crippen molar-refractivity contribution in [2.45, 2.75) is 46.0 Å². The number of ketones is 2. The number of rotatable bonds is 3. The van der Waals surface area contributed by atoms with Crippen molar-refractivity contribution in [1.29, 1.82) is 0 Å². The first-order valence-corrected chi connectivity index (χ1v) is 5.26. The van der Waals surface area contributed by atoms with Gasteiger partial charge in [-0.3, -0.25) is 9.59 Å². The van der Waals surface area contributed by atoms with E-state index in [1.807, 2.05) is 6.92 Å². The van der Waals surface area contributed by atoms with Gasteiger partial charge < -0.3 is 0 Å². The highest BCUT2D eigenvalue weighted by atomic mass is 16.1. The van der Waals surface area contributed by atoms with Gasteiger partial charge in [-0.2, -0.15) is 0 Å². The van der Waals surface area contributed by atoms with Crippen LogP contribution in [0.25, 0.3) is 0 Å². The van der Waals surface area contributed by atoms with E-state index in [1.165, 1.54) is 0 Å². The van der Waals surface area contributed by atoms with Crippen LogP contribution < -0.4 is 0 Å². The summed E-state index contributed by atoms with van der Waals surface area (Å²) in [6.07, 6.45) is 4.12. The Labute approximate surface area is 79.7 Å². The van der Waals surface area contributed by atoms with Crippen LogP contribution in [0.1, 0.15) is 46.0 Å². The molecule has 0 radical (unpaired) electrons. The molecule has 0 aromatic rings.